The molecule has 4 heterocycles. The van der Waals surface area contributed by atoms with Crippen molar-refractivity contribution in [3.05, 3.63) is 70.6 Å². The van der Waals surface area contributed by atoms with Gasteiger partial charge in [-0.15, -0.1) is 16.4 Å². The molecule has 3 N–H and O–H groups in total. The molecule has 4 rings (SSSR count). The molecule has 0 spiro atoms. The minimum Gasteiger partial charge on any atom is -0.385 e. The van der Waals surface area contributed by atoms with Gasteiger partial charge in [0.2, 0.25) is 0 Å². The lowest BCUT2D eigenvalue weighted by Crippen LogP contribution is -2.06. The average Bonchev–Trinajstić information content (AvgIpc) is 3.30. The second kappa shape index (κ2) is 9.40. The van der Waals surface area contributed by atoms with Crippen LogP contribution in [0.3, 0.4) is 0 Å². The van der Waals surface area contributed by atoms with Gasteiger partial charge in [0.25, 0.3) is 0 Å². The molecule has 0 atom stereocenters. The highest BCUT2D eigenvalue weighted by Gasteiger charge is 2.07. The van der Waals surface area contributed by atoms with Crippen LogP contribution < -0.4 is 10.6 Å². The van der Waals surface area contributed by atoms with Gasteiger partial charge in [0.1, 0.15) is 5.82 Å². The van der Waals surface area contributed by atoms with Crippen LogP contribution >= 0.6 is 11.3 Å². The van der Waals surface area contributed by atoms with E-state index < -0.39 is 0 Å². The highest BCUT2D eigenvalue weighted by molar-refractivity contribution is 7.07. The molecule has 0 bridgehead atoms. The van der Waals surface area contributed by atoms with Crippen LogP contribution in [-0.4, -0.2) is 31.4 Å². The number of rotatable bonds is 8. The van der Waals surface area contributed by atoms with Crippen LogP contribution in [0.5, 0.6) is 0 Å². The van der Waals surface area contributed by atoms with Crippen molar-refractivity contribution in [2.75, 3.05) is 5.32 Å². The minimum absolute atomic E-state index is 0.364. The van der Waals surface area contributed by atoms with E-state index in [9.17, 15) is 0 Å². The standard InChI is InChI=1S/C22H22N8S/c1-14(2)15-6-22(30-27-10-15)29-21-4-3-19-20(28-21)5-16(9-25-19)17(7-23)8-24-11-18-12-31-13-26-18/h3-10,12-14,23-24H,11H2,1-2H3,(H,28,29,30)/b17-8+,23-7?. The molecule has 0 saturated heterocycles. The smallest absolute Gasteiger partial charge is 0.154 e. The van der Waals surface area contributed by atoms with Gasteiger partial charge in [0.15, 0.2) is 5.82 Å². The third kappa shape index (κ3) is 5.07. The SMILES string of the molecule is CC(C)c1cnnc(Nc2ccc3ncc(/C(C=N)=C/NCc4cscn4)cc3n2)c1. The number of hydrogen-bond acceptors (Lipinski definition) is 9. The summed E-state index contributed by atoms with van der Waals surface area (Å²) in [6.07, 6.45) is 6.61. The predicted molar refractivity (Wildman–Crippen MR) is 125 cm³/mol. The van der Waals surface area contributed by atoms with Crippen LogP contribution in [0.15, 0.2) is 53.7 Å². The first-order valence-electron chi connectivity index (χ1n) is 9.80. The second-order valence-electron chi connectivity index (χ2n) is 7.22. The number of nitrogens with zero attached hydrogens (tertiary/aromatic N) is 5. The van der Waals surface area contributed by atoms with E-state index in [4.69, 9.17) is 5.41 Å². The Morgan fingerprint density at radius 2 is 2.03 bits per heavy atom. The number of thiazole rings is 1. The molecule has 0 fully saturated rings. The first-order chi connectivity index (χ1) is 15.1. The highest BCUT2D eigenvalue weighted by Crippen LogP contribution is 2.21. The van der Waals surface area contributed by atoms with Crippen molar-refractivity contribution >= 4 is 45.8 Å². The first-order valence-corrected chi connectivity index (χ1v) is 10.7. The fourth-order valence-electron chi connectivity index (χ4n) is 2.92. The fourth-order valence-corrected chi connectivity index (χ4v) is 3.48. The molecular weight excluding hydrogens is 408 g/mol. The Morgan fingerprint density at radius 1 is 1.13 bits per heavy atom. The summed E-state index contributed by atoms with van der Waals surface area (Å²) in [5, 5.41) is 24.4. The summed E-state index contributed by atoms with van der Waals surface area (Å²) in [6, 6.07) is 7.66. The molecule has 0 saturated carbocycles. The minimum atomic E-state index is 0.364. The van der Waals surface area contributed by atoms with Crippen molar-refractivity contribution in [3.8, 4) is 0 Å². The maximum absolute atomic E-state index is 7.78. The summed E-state index contributed by atoms with van der Waals surface area (Å²) in [5.74, 6) is 1.67. The van der Waals surface area contributed by atoms with Gasteiger partial charge in [-0.3, -0.25) is 4.98 Å². The fraction of sp³-hybridized carbons (Fsp3) is 0.182. The van der Waals surface area contributed by atoms with Crippen LogP contribution in [0, 0.1) is 5.41 Å². The normalized spacial score (nSPS) is 11.6. The van der Waals surface area contributed by atoms with Crippen LogP contribution in [0.25, 0.3) is 16.6 Å². The zero-order valence-corrected chi connectivity index (χ0v) is 18.0. The Hall–Kier alpha value is -3.72. The predicted octanol–water partition coefficient (Wildman–Crippen LogP) is 4.52. The summed E-state index contributed by atoms with van der Waals surface area (Å²) >= 11 is 1.56. The van der Waals surface area contributed by atoms with Gasteiger partial charge in [-0.05, 0) is 35.7 Å². The molecule has 4 aromatic rings. The van der Waals surface area contributed by atoms with E-state index in [1.165, 1.54) is 6.21 Å². The average molecular weight is 431 g/mol. The molecule has 31 heavy (non-hydrogen) atoms. The molecule has 0 amide bonds. The van der Waals surface area contributed by atoms with Crippen molar-refractivity contribution in [2.45, 2.75) is 26.3 Å². The Bertz CT molecular complexity index is 1220. The topological polar surface area (TPSA) is 112 Å². The molecule has 0 aliphatic rings. The molecular formula is C22H22N8S. The van der Waals surface area contributed by atoms with E-state index in [-0.39, 0.29) is 0 Å². The van der Waals surface area contributed by atoms with Crippen LogP contribution in [-0.2, 0) is 6.54 Å². The largest absolute Gasteiger partial charge is 0.385 e. The molecule has 8 nitrogen and oxygen atoms in total. The number of nitrogens with one attached hydrogen (secondary N) is 3. The number of aromatic nitrogens is 5. The maximum atomic E-state index is 7.78. The van der Waals surface area contributed by atoms with E-state index in [0.29, 0.717) is 29.7 Å². The van der Waals surface area contributed by atoms with Crippen LogP contribution in [0.1, 0.15) is 36.6 Å². The van der Waals surface area contributed by atoms with Gasteiger partial charge in [0, 0.05) is 35.1 Å². The quantitative estimate of drug-likeness (QED) is 0.352. The zero-order chi connectivity index (χ0) is 21.6. The van der Waals surface area contributed by atoms with Crippen LogP contribution in [0.2, 0.25) is 0 Å². The maximum Gasteiger partial charge on any atom is 0.154 e. The number of fused-ring (bicyclic) bond motifs is 1. The lowest BCUT2D eigenvalue weighted by atomic mass is 10.1. The number of pyridine rings is 2. The Kier molecular flexibility index (Phi) is 6.23. The molecule has 4 aromatic heterocycles. The van der Waals surface area contributed by atoms with Crippen LogP contribution in [0.4, 0.5) is 11.6 Å². The summed E-state index contributed by atoms with van der Waals surface area (Å²) in [5.41, 5.74) is 6.88. The molecule has 0 aliphatic carbocycles. The summed E-state index contributed by atoms with van der Waals surface area (Å²) in [4.78, 5) is 13.4. The third-order valence-corrected chi connectivity index (χ3v) is 5.28. The highest BCUT2D eigenvalue weighted by atomic mass is 32.1. The lowest BCUT2D eigenvalue weighted by molar-refractivity contribution is 0.843. The van der Waals surface area contributed by atoms with E-state index in [1.54, 1.807) is 35.4 Å². The summed E-state index contributed by atoms with van der Waals surface area (Å²) in [7, 11) is 0. The molecule has 0 aliphatic heterocycles. The van der Waals surface area contributed by atoms with Crippen molar-refractivity contribution in [3.63, 3.8) is 0 Å². The zero-order valence-electron chi connectivity index (χ0n) is 17.2. The molecule has 0 aromatic carbocycles. The van der Waals surface area contributed by atoms with Gasteiger partial charge in [-0.25, -0.2) is 9.97 Å². The second-order valence-corrected chi connectivity index (χ2v) is 7.94. The number of hydrogen-bond donors (Lipinski definition) is 3. The van der Waals surface area contributed by atoms with E-state index >= 15 is 0 Å². The van der Waals surface area contributed by atoms with Gasteiger partial charge in [-0.1, -0.05) is 13.8 Å². The Morgan fingerprint density at radius 3 is 2.81 bits per heavy atom. The lowest BCUT2D eigenvalue weighted by Gasteiger charge is -2.09. The van der Waals surface area contributed by atoms with E-state index in [1.807, 2.05) is 29.6 Å². The number of anilines is 2. The van der Waals surface area contributed by atoms with E-state index in [2.05, 4.69) is 49.6 Å². The summed E-state index contributed by atoms with van der Waals surface area (Å²) in [6.45, 7) is 4.83. The van der Waals surface area contributed by atoms with Gasteiger partial charge >= 0.3 is 0 Å². The molecule has 0 unspecified atom stereocenters. The van der Waals surface area contributed by atoms with Crippen molar-refractivity contribution in [1.29, 1.82) is 5.41 Å². The monoisotopic (exact) mass is 430 g/mol. The van der Waals surface area contributed by atoms with E-state index in [0.717, 1.165) is 27.9 Å². The Labute approximate surface area is 184 Å². The molecule has 156 valence electrons. The molecule has 0 radical (unpaired) electrons. The van der Waals surface area contributed by atoms with Gasteiger partial charge in [0.05, 0.1) is 35.0 Å². The Balaban J connectivity index is 1.56. The number of allylic oxidation sites excluding steroid dienone is 1. The first kappa shape index (κ1) is 20.5. The summed E-state index contributed by atoms with van der Waals surface area (Å²) < 4.78 is 0. The van der Waals surface area contributed by atoms with Crippen molar-refractivity contribution in [1.82, 2.24) is 30.5 Å². The van der Waals surface area contributed by atoms with Gasteiger partial charge < -0.3 is 16.0 Å². The van der Waals surface area contributed by atoms with Gasteiger partial charge in [-0.2, -0.15) is 5.10 Å². The van der Waals surface area contributed by atoms with Crippen molar-refractivity contribution < 1.29 is 0 Å². The third-order valence-electron chi connectivity index (χ3n) is 4.65. The van der Waals surface area contributed by atoms with Crippen molar-refractivity contribution in [2.24, 2.45) is 0 Å². The molecule has 9 heteroatoms.